The number of hydrogen-bond acceptors (Lipinski definition) is 7. The Balaban J connectivity index is 1.13. The number of carbonyl (C=O) groups is 1. The van der Waals surface area contributed by atoms with Gasteiger partial charge in [0.2, 0.25) is 0 Å². The molecule has 13 atom stereocenters. The Morgan fingerprint density at radius 2 is 1.67 bits per heavy atom. The summed E-state index contributed by atoms with van der Waals surface area (Å²) in [7, 11) is 0. The molecule has 0 radical (unpaired) electrons. The summed E-state index contributed by atoms with van der Waals surface area (Å²) in [5, 5.41) is 30.6. The van der Waals surface area contributed by atoms with Gasteiger partial charge in [-0.15, -0.1) is 0 Å². The van der Waals surface area contributed by atoms with Crippen molar-refractivity contribution in [1.82, 2.24) is 0 Å². The molecule has 0 spiro atoms. The molecule has 0 aromatic heterocycles. The molecule has 2 aliphatic heterocycles. The van der Waals surface area contributed by atoms with Crippen molar-refractivity contribution >= 4 is 5.97 Å². The van der Waals surface area contributed by atoms with E-state index in [9.17, 15) is 20.1 Å². The zero-order chi connectivity index (χ0) is 25.4. The SMILES string of the molecule is C[C@@H]1O[C@@H](O[C@H]2CC[C@@]3(C)[C@H](CC[C@@H]4[C@@H]3CC[C@]3(C)[C@@H](C5=CC(=O)OC5)CC[C@@H]43)C2)[C@H](O)[C@H](O)[C@H]1O. The molecule has 7 nitrogen and oxygen atoms in total. The molecule has 36 heavy (non-hydrogen) atoms. The van der Waals surface area contributed by atoms with Crippen LogP contribution in [0.3, 0.4) is 0 Å². The minimum absolute atomic E-state index is 0.00507. The minimum atomic E-state index is -1.25. The molecule has 1 saturated heterocycles. The molecule has 7 heteroatoms. The molecule has 4 aliphatic carbocycles. The van der Waals surface area contributed by atoms with Crippen LogP contribution in [0.5, 0.6) is 0 Å². The van der Waals surface area contributed by atoms with Crippen molar-refractivity contribution in [1.29, 1.82) is 0 Å². The van der Waals surface area contributed by atoms with Gasteiger partial charge in [0.25, 0.3) is 0 Å². The smallest absolute Gasteiger partial charge is 0.331 e. The molecule has 3 N–H and O–H groups in total. The molecule has 5 fully saturated rings. The van der Waals surface area contributed by atoms with Crippen molar-refractivity contribution in [2.75, 3.05) is 6.61 Å². The molecular weight excluding hydrogens is 460 g/mol. The maximum Gasteiger partial charge on any atom is 0.331 e. The molecule has 0 unspecified atom stereocenters. The summed E-state index contributed by atoms with van der Waals surface area (Å²) in [6, 6.07) is 0. The quantitative estimate of drug-likeness (QED) is 0.400. The van der Waals surface area contributed by atoms with E-state index >= 15 is 0 Å². The Hall–Kier alpha value is -0.990. The highest BCUT2D eigenvalue weighted by Gasteiger charge is 2.61. The number of fused-ring (bicyclic) bond motifs is 5. The van der Waals surface area contributed by atoms with Crippen molar-refractivity contribution in [3.8, 4) is 0 Å². The molecule has 4 saturated carbocycles. The van der Waals surface area contributed by atoms with Crippen molar-refractivity contribution < 1.29 is 34.3 Å². The molecule has 202 valence electrons. The first-order valence-electron chi connectivity index (χ1n) is 14.3. The van der Waals surface area contributed by atoms with Crippen LogP contribution >= 0.6 is 0 Å². The van der Waals surface area contributed by atoms with Crippen molar-refractivity contribution in [2.45, 2.75) is 115 Å². The number of rotatable bonds is 3. The first-order chi connectivity index (χ1) is 17.1. The van der Waals surface area contributed by atoms with Crippen LogP contribution in [0.2, 0.25) is 0 Å². The predicted octanol–water partition coefficient (Wildman–Crippen LogP) is 3.34. The number of esters is 1. The predicted molar refractivity (Wildman–Crippen MR) is 131 cm³/mol. The Kier molecular flexibility index (Phi) is 6.36. The van der Waals surface area contributed by atoms with Crippen LogP contribution in [0.1, 0.15) is 78.6 Å². The van der Waals surface area contributed by atoms with Crippen molar-refractivity contribution in [3.05, 3.63) is 11.6 Å². The zero-order valence-electron chi connectivity index (χ0n) is 22.0. The fraction of sp³-hybridized carbons (Fsp3) is 0.897. The molecule has 0 amide bonds. The number of aliphatic hydroxyl groups excluding tert-OH is 3. The Morgan fingerprint density at radius 3 is 2.42 bits per heavy atom. The van der Waals surface area contributed by atoms with Gasteiger partial charge in [0.15, 0.2) is 6.29 Å². The normalized spacial score (nSPS) is 54.8. The largest absolute Gasteiger partial charge is 0.458 e. The first-order valence-corrected chi connectivity index (χ1v) is 14.3. The molecule has 6 rings (SSSR count). The highest BCUT2D eigenvalue weighted by molar-refractivity contribution is 5.85. The number of carbonyl (C=O) groups excluding carboxylic acids is 1. The zero-order valence-corrected chi connectivity index (χ0v) is 22.0. The number of cyclic esters (lactones) is 1. The van der Waals surface area contributed by atoms with Crippen LogP contribution in [-0.4, -0.2) is 64.7 Å². The van der Waals surface area contributed by atoms with E-state index in [0.717, 1.165) is 37.0 Å². The molecule has 0 aromatic carbocycles. The second kappa shape index (κ2) is 9.04. The lowest BCUT2D eigenvalue weighted by Gasteiger charge is -2.61. The maximum atomic E-state index is 11.8. The lowest BCUT2D eigenvalue weighted by Crippen LogP contribution is -2.58. The van der Waals surface area contributed by atoms with Crippen molar-refractivity contribution in [3.63, 3.8) is 0 Å². The van der Waals surface area contributed by atoms with Gasteiger partial charge in [-0.25, -0.2) is 4.79 Å². The lowest BCUT2D eigenvalue weighted by atomic mass is 9.44. The third kappa shape index (κ3) is 3.83. The van der Waals surface area contributed by atoms with Crippen LogP contribution in [-0.2, 0) is 19.0 Å². The molecule has 0 aromatic rings. The van der Waals surface area contributed by atoms with Gasteiger partial charge < -0.3 is 29.5 Å². The highest BCUT2D eigenvalue weighted by Crippen LogP contribution is 2.68. The topological polar surface area (TPSA) is 105 Å². The minimum Gasteiger partial charge on any atom is -0.458 e. The Morgan fingerprint density at radius 1 is 0.917 bits per heavy atom. The molecular formula is C29H44O7. The second-order valence-corrected chi connectivity index (χ2v) is 13.4. The van der Waals surface area contributed by atoms with Gasteiger partial charge in [0, 0.05) is 6.08 Å². The van der Waals surface area contributed by atoms with Gasteiger partial charge >= 0.3 is 5.97 Å². The van der Waals surface area contributed by atoms with Gasteiger partial charge in [-0.2, -0.15) is 0 Å². The van der Waals surface area contributed by atoms with Crippen LogP contribution in [0, 0.1) is 40.4 Å². The van der Waals surface area contributed by atoms with E-state index in [1.165, 1.54) is 44.1 Å². The number of hydrogen-bond donors (Lipinski definition) is 3. The van der Waals surface area contributed by atoms with Crippen molar-refractivity contribution in [2.24, 2.45) is 40.4 Å². The lowest BCUT2D eigenvalue weighted by molar-refractivity contribution is -0.309. The van der Waals surface area contributed by atoms with E-state index < -0.39 is 30.7 Å². The van der Waals surface area contributed by atoms with E-state index in [2.05, 4.69) is 13.8 Å². The molecule has 2 heterocycles. The third-order valence-corrected chi connectivity index (χ3v) is 11.9. The van der Waals surface area contributed by atoms with Gasteiger partial charge in [-0.3, -0.25) is 0 Å². The third-order valence-electron chi connectivity index (χ3n) is 11.9. The van der Waals surface area contributed by atoms with E-state index in [-0.39, 0.29) is 17.5 Å². The molecule has 0 bridgehead atoms. The first kappa shape index (κ1) is 25.3. The van der Waals surface area contributed by atoms with Gasteiger partial charge in [-0.05, 0) is 111 Å². The van der Waals surface area contributed by atoms with Crippen LogP contribution in [0.15, 0.2) is 11.6 Å². The second-order valence-electron chi connectivity index (χ2n) is 13.4. The fourth-order valence-electron chi connectivity index (χ4n) is 9.86. The van der Waals surface area contributed by atoms with E-state index in [4.69, 9.17) is 14.2 Å². The summed E-state index contributed by atoms with van der Waals surface area (Å²) in [6.45, 7) is 7.22. The summed E-state index contributed by atoms with van der Waals surface area (Å²) in [5.74, 6) is 3.14. The standard InChI is InChI=1S/C29H44O7/c1-15-24(31)25(32)26(33)27(35-15)36-18-8-10-28(2)17(13-18)4-5-19-21-7-6-20(16-12-23(30)34-14-16)29(21,3)11-9-22(19)28/h12,15,17-22,24-27,31-33H,4-11,13-14H2,1-3H3/t15-,17+,18-,19-,20+,21-,22-,24-,25+,26+,27-,28-,29+/m0/s1. The summed E-state index contributed by atoms with van der Waals surface area (Å²) in [6.07, 6.45) is 7.18. The number of aliphatic hydroxyl groups is 3. The summed E-state index contributed by atoms with van der Waals surface area (Å²) >= 11 is 0. The van der Waals surface area contributed by atoms with Crippen LogP contribution in [0.25, 0.3) is 0 Å². The summed E-state index contributed by atoms with van der Waals surface area (Å²) in [4.78, 5) is 11.8. The van der Waals surface area contributed by atoms with Gasteiger partial charge in [-0.1, -0.05) is 13.8 Å². The monoisotopic (exact) mass is 504 g/mol. The van der Waals surface area contributed by atoms with Gasteiger partial charge in [0.05, 0.1) is 12.2 Å². The highest BCUT2D eigenvalue weighted by atomic mass is 16.7. The Labute approximate surface area is 214 Å². The van der Waals surface area contributed by atoms with Gasteiger partial charge in [0.1, 0.15) is 24.9 Å². The maximum absolute atomic E-state index is 11.8. The summed E-state index contributed by atoms with van der Waals surface area (Å²) in [5.41, 5.74) is 1.82. The average Bonchev–Trinajstić information content (AvgIpc) is 3.43. The summed E-state index contributed by atoms with van der Waals surface area (Å²) < 4.78 is 17.3. The average molecular weight is 505 g/mol. The van der Waals surface area contributed by atoms with Crippen LogP contribution in [0.4, 0.5) is 0 Å². The fourth-order valence-corrected chi connectivity index (χ4v) is 9.86. The molecule has 6 aliphatic rings. The number of ether oxygens (including phenoxy) is 3. The Bertz CT molecular complexity index is 904. The van der Waals surface area contributed by atoms with Crippen LogP contribution < -0.4 is 0 Å². The van der Waals surface area contributed by atoms with E-state index in [0.29, 0.717) is 23.9 Å². The van der Waals surface area contributed by atoms with E-state index in [1.54, 1.807) is 13.0 Å². The van der Waals surface area contributed by atoms with E-state index in [1.807, 2.05) is 0 Å².